The van der Waals surface area contributed by atoms with Crippen LogP contribution >= 0.6 is 11.6 Å². The zero-order chi connectivity index (χ0) is 21.7. The van der Waals surface area contributed by atoms with Crippen molar-refractivity contribution in [3.8, 4) is 0 Å². The third-order valence-corrected chi connectivity index (χ3v) is 5.20. The molecule has 2 atom stereocenters. The van der Waals surface area contributed by atoms with E-state index in [1.54, 1.807) is 12.1 Å². The van der Waals surface area contributed by atoms with Crippen LogP contribution in [-0.4, -0.2) is 17.9 Å². The normalized spacial score (nSPS) is 13.8. The Morgan fingerprint density at radius 2 is 1.50 bits per heavy atom. The molecule has 0 saturated carbocycles. The fourth-order valence-electron chi connectivity index (χ4n) is 3.39. The summed E-state index contributed by atoms with van der Waals surface area (Å²) < 4.78 is 6.12. The first-order valence-corrected chi connectivity index (χ1v) is 9.87. The number of halogens is 1. The van der Waals surface area contributed by atoms with Gasteiger partial charge >= 0.3 is 5.97 Å². The molecule has 0 radical (unpaired) electrons. The molecule has 0 saturated heterocycles. The standard InChI is InChI=1S/C24H23ClN2O3/c1-16-11-13-18(14-12-16)24(17-7-3-2-4-8-17,19-9-5-6-10-20(19)25)30-23(29)21(26)15-22(27)28/h2-14,21H,15,26H2,1H3,(H2,27,28)/t21-,24?/m1/s1. The van der Waals surface area contributed by atoms with Crippen molar-refractivity contribution in [3.63, 3.8) is 0 Å². The van der Waals surface area contributed by atoms with Crippen LogP contribution in [0.2, 0.25) is 5.02 Å². The number of primary amides is 1. The van der Waals surface area contributed by atoms with Crippen molar-refractivity contribution in [1.29, 1.82) is 0 Å². The highest BCUT2D eigenvalue weighted by atomic mass is 35.5. The summed E-state index contributed by atoms with van der Waals surface area (Å²) in [5, 5.41) is 0.429. The van der Waals surface area contributed by atoms with Crippen LogP contribution in [0.1, 0.15) is 28.7 Å². The van der Waals surface area contributed by atoms with E-state index in [0.29, 0.717) is 21.7 Å². The third kappa shape index (κ3) is 4.37. The molecular formula is C24H23ClN2O3. The minimum atomic E-state index is -1.36. The minimum absolute atomic E-state index is 0.319. The van der Waals surface area contributed by atoms with Gasteiger partial charge in [0.25, 0.3) is 0 Å². The second-order valence-corrected chi connectivity index (χ2v) is 7.50. The highest BCUT2D eigenvalue weighted by Crippen LogP contribution is 2.43. The lowest BCUT2D eigenvalue weighted by atomic mass is 9.79. The van der Waals surface area contributed by atoms with Crippen LogP contribution in [0.3, 0.4) is 0 Å². The Kier molecular flexibility index (Phi) is 6.55. The number of hydrogen-bond donors (Lipinski definition) is 2. The Morgan fingerprint density at radius 3 is 2.10 bits per heavy atom. The molecule has 0 aliphatic heterocycles. The maximum atomic E-state index is 13.0. The zero-order valence-corrected chi connectivity index (χ0v) is 17.3. The molecule has 0 aliphatic rings. The number of carbonyl (C=O) groups excluding carboxylic acids is 2. The molecule has 4 N–H and O–H groups in total. The van der Waals surface area contributed by atoms with Crippen LogP contribution in [0.15, 0.2) is 78.9 Å². The van der Waals surface area contributed by atoms with Gasteiger partial charge in [0.2, 0.25) is 5.91 Å². The molecule has 154 valence electrons. The summed E-state index contributed by atoms with van der Waals surface area (Å²) >= 11 is 6.59. The van der Waals surface area contributed by atoms with Crippen LogP contribution in [-0.2, 0) is 19.9 Å². The molecule has 30 heavy (non-hydrogen) atoms. The van der Waals surface area contributed by atoms with Gasteiger partial charge in [0.15, 0.2) is 5.60 Å². The van der Waals surface area contributed by atoms with E-state index in [0.717, 1.165) is 5.56 Å². The number of hydrogen-bond acceptors (Lipinski definition) is 4. The van der Waals surface area contributed by atoms with Crippen molar-refractivity contribution >= 4 is 23.5 Å². The number of esters is 1. The van der Waals surface area contributed by atoms with Gasteiger partial charge in [0, 0.05) is 21.7 Å². The molecule has 3 aromatic rings. The number of aryl methyl sites for hydroxylation is 1. The van der Waals surface area contributed by atoms with E-state index in [1.807, 2.05) is 73.7 Å². The molecule has 3 aromatic carbocycles. The molecule has 1 unspecified atom stereocenters. The molecule has 6 heteroatoms. The van der Waals surface area contributed by atoms with Crippen LogP contribution in [0.25, 0.3) is 0 Å². The van der Waals surface area contributed by atoms with Gasteiger partial charge in [-0.2, -0.15) is 0 Å². The predicted octanol–water partition coefficient (Wildman–Crippen LogP) is 3.69. The van der Waals surface area contributed by atoms with E-state index in [4.69, 9.17) is 27.8 Å². The smallest absolute Gasteiger partial charge is 0.325 e. The Morgan fingerprint density at radius 1 is 0.933 bits per heavy atom. The van der Waals surface area contributed by atoms with Gasteiger partial charge in [0.1, 0.15) is 6.04 Å². The van der Waals surface area contributed by atoms with Gasteiger partial charge in [-0.1, -0.05) is 90.0 Å². The number of carbonyl (C=O) groups is 2. The minimum Gasteiger partial charge on any atom is -0.443 e. The fourth-order valence-corrected chi connectivity index (χ4v) is 3.65. The summed E-state index contributed by atoms with van der Waals surface area (Å²) in [6.45, 7) is 1.97. The molecular weight excluding hydrogens is 400 g/mol. The Labute approximate surface area is 180 Å². The van der Waals surface area contributed by atoms with Crippen molar-refractivity contribution < 1.29 is 14.3 Å². The lowest BCUT2D eigenvalue weighted by Crippen LogP contribution is -2.43. The molecule has 0 aliphatic carbocycles. The highest BCUT2D eigenvalue weighted by Gasteiger charge is 2.43. The van der Waals surface area contributed by atoms with E-state index in [2.05, 4.69) is 0 Å². The summed E-state index contributed by atoms with van der Waals surface area (Å²) in [4.78, 5) is 24.3. The number of benzene rings is 3. The Bertz CT molecular complexity index is 1040. The molecule has 3 rings (SSSR count). The Hall–Kier alpha value is -3.15. The topological polar surface area (TPSA) is 95.4 Å². The quantitative estimate of drug-likeness (QED) is 0.448. The van der Waals surface area contributed by atoms with E-state index in [9.17, 15) is 9.59 Å². The number of rotatable bonds is 7. The lowest BCUT2D eigenvalue weighted by Gasteiger charge is -2.36. The van der Waals surface area contributed by atoms with Crippen molar-refractivity contribution in [2.45, 2.75) is 25.0 Å². The molecule has 0 heterocycles. The number of amides is 1. The summed E-state index contributed by atoms with van der Waals surface area (Å²) in [6, 6.07) is 22.9. The van der Waals surface area contributed by atoms with Gasteiger partial charge in [-0.3, -0.25) is 9.59 Å². The SMILES string of the molecule is Cc1ccc(C(OC(=O)[C@H](N)CC(N)=O)(c2ccccc2)c2ccccc2Cl)cc1. The Balaban J connectivity index is 2.27. The molecule has 1 amide bonds. The predicted molar refractivity (Wildman–Crippen MR) is 117 cm³/mol. The molecule has 0 bridgehead atoms. The summed E-state index contributed by atoms with van der Waals surface area (Å²) in [5.74, 6) is -1.43. The monoisotopic (exact) mass is 422 g/mol. The van der Waals surface area contributed by atoms with Gasteiger partial charge < -0.3 is 16.2 Å². The van der Waals surface area contributed by atoms with E-state index in [1.165, 1.54) is 0 Å². The molecule has 0 aromatic heterocycles. The second-order valence-electron chi connectivity index (χ2n) is 7.09. The second kappa shape index (κ2) is 9.11. The highest BCUT2D eigenvalue weighted by molar-refractivity contribution is 6.31. The first kappa shape index (κ1) is 21.6. The zero-order valence-electron chi connectivity index (χ0n) is 16.5. The van der Waals surface area contributed by atoms with E-state index in [-0.39, 0.29) is 6.42 Å². The molecule has 5 nitrogen and oxygen atoms in total. The first-order chi connectivity index (χ1) is 14.3. The van der Waals surface area contributed by atoms with Crippen LogP contribution < -0.4 is 11.5 Å². The van der Waals surface area contributed by atoms with Gasteiger partial charge in [-0.05, 0) is 13.0 Å². The summed E-state index contributed by atoms with van der Waals surface area (Å²) in [7, 11) is 0. The average molecular weight is 423 g/mol. The largest absolute Gasteiger partial charge is 0.443 e. The van der Waals surface area contributed by atoms with Crippen LogP contribution in [0.5, 0.6) is 0 Å². The number of ether oxygens (including phenoxy) is 1. The van der Waals surface area contributed by atoms with Crippen LogP contribution in [0.4, 0.5) is 0 Å². The van der Waals surface area contributed by atoms with E-state index < -0.39 is 23.5 Å². The summed E-state index contributed by atoms with van der Waals surface area (Å²) in [6.07, 6.45) is -0.319. The van der Waals surface area contributed by atoms with Crippen molar-refractivity contribution in [3.05, 3.63) is 106 Å². The molecule has 0 spiro atoms. The maximum absolute atomic E-state index is 13.0. The first-order valence-electron chi connectivity index (χ1n) is 9.49. The van der Waals surface area contributed by atoms with Crippen molar-refractivity contribution in [2.24, 2.45) is 11.5 Å². The fraction of sp³-hybridized carbons (Fsp3) is 0.167. The van der Waals surface area contributed by atoms with Gasteiger partial charge in [-0.15, -0.1) is 0 Å². The lowest BCUT2D eigenvalue weighted by molar-refractivity contribution is -0.156. The van der Waals surface area contributed by atoms with Gasteiger partial charge in [0.05, 0.1) is 6.42 Å². The van der Waals surface area contributed by atoms with E-state index >= 15 is 0 Å². The van der Waals surface area contributed by atoms with Gasteiger partial charge in [-0.25, -0.2) is 0 Å². The third-order valence-electron chi connectivity index (χ3n) is 4.87. The summed E-state index contributed by atoms with van der Waals surface area (Å²) in [5.41, 5.74) is 12.8. The van der Waals surface area contributed by atoms with Crippen molar-refractivity contribution in [2.75, 3.05) is 0 Å². The maximum Gasteiger partial charge on any atom is 0.325 e. The van der Waals surface area contributed by atoms with Crippen molar-refractivity contribution in [1.82, 2.24) is 0 Å². The van der Waals surface area contributed by atoms with Crippen LogP contribution in [0, 0.1) is 6.92 Å². The molecule has 0 fully saturated rings. The average Bonchev–Trinajstić information content (AvgIpc) is 2.73. The number of nitrogens with two attached hydrogens (primary N) is 2.